The van der Waals surface area contributed by atoms with E-state index in [1.165, 1.54) is 10.8 Å². The minimum Gasteiger partial charge on any atom is -0.368 e. The van der Waals surface area contributed by atoms with Crippen LogP contribution in [0.15, 0.2) is 11.0 Å². The molecule has 0 aromatic carbocycles. The summed E-state index contributed by atoms with van der Waals surface area (Å²) in [5.74, 6) is 0.116. The highest BCUT2D eigenvalue weighted by Gasteiger charge is 2.22. The first-order valence-electron chi connectivity index (χ1n) is 4.75. The van der Waals surface area contributed by atoms with E-state index in [0.29, 0.717) is 0 Å². The highest BCUT2D eigenvalue weighted by molar-refractivity contribution is 6.33. The van der Waals surface area contributed by atoms with Gasteiger partial charge < -0.3 is 5.73 Å². The summed E-state index contributed by atoms with van der Waals surface area (Å²) in [4.78, 5) is 12.2. The Labute approximate surface area is 96.6 Å². The van der Waals surface area contributed by atoms with E-state index >= 15 is 0 Å². The smallest absolute Gasteiger partial charge is 0.283 e. The van der Waals surface area contributed by atoms with Gasteiger partial charge in [0.25, 0.3) is 5.56 Å². The van der Waals surface area contributed by atoms with Gasteiger partial charge in [-0.25, -0.2) is 0 Å². The number of anilines is 1. The average Bonchev–Trinajstić information content (AvgIpc) is 2.44. The van der Waals surface area contributed by atoms with Crippen LogP contribution in [0.1, 0.15) is 20.8 Å². The Bertz CT molecular complexity index is 607. The number of halogens is 1. The van der Waals surface area contributed by atoms with Crippen LogP contribution in [0.2, 0.25) is 5.02 Å². The van der Waals surface area contributed by atoms with E-state index in [0.717, 1.165) is 4.63 Å². The number of aromatic nitrogens is 4. The second-order valence-corrected chi connectivity index (χ2v) is 4.91. The lowest BCUT2D eigenvalue weighted by molar-refractivity contribution is 0.383. The number of nitrogens with zero attached hydrogens (tertiary/aromatic N) is 4. The van der Waals surface area contributed by atoms with Gasteiger partial charge in [-0.2, -0.15) is 5.10 Å². The standard InChI is InChI=1S/C9H12ClN5O/c1-9(2,3)14-7(16)6-5(10)4-12-15(6)13-8(14)11/h4H,1-3H3,(H2,11,13). The fourth-order valence-electron chi connectivity index (χ4n) is 1.58. The minimum atomic E-state index is -0.455. The second-order valence-electron chi connectivity index (χ2n) is 4.50. The number of rotatable bonds is 0. The zero-order valence-electron chi connectivity index (χ0n) is 9.23. The third-order valence-corrected chi connectivity index (χ3v) is 2.49. The molecule has 2 aromatic rings. The third-order valence-electron chi connectivity index (χ3n) is 2.21. The van der Waals surface area contributed by atoms with Crippen LogP contribution < -0.4 is 11.3 Å². The molecule has 0 aliphatic carbocycles. The summed E-state index contributed by atoms with van der Waals surface area (Å²) in [5, 5.41) is 8.10. The van der Waals surface area contributed by atoms with Crippen molar-refractivity contribution in [3.05, 3.63) is 21.6 Å². The van der Waals surface area contributed by atoms with Crippen molar-refractivity contribution in [1.82, 2.24) is 19.4 Å². The lowest BCUT2D eigenvalue weighted by atomic mass is 10.1. The van der Waals surface area contributed by atoms with Gasteiger partial charge in [0.05, 0.1) is 11.2 Å². The number of nitrogens with two attached hydrogens (primary N) is 1. The van der Waals surface area contributed by atoms with Gasteiger partial charge in [0, 0.05) is 5.54 Å². The van der Waals surface area contributed by atoms with Crippen molar-refractivity contribution in [2.45, 2.75) is 26.3 Å². The molecule has 0 bridgehead atoms. The maximum absolute atomic E-state index is 12.2. The maximum atomic E-state index is 12.2. The third kappa shape index (κ3) is 1.46. The molecule has 0 atom stereocenters. The largest absolute Gasteiger partial charge is 0.368 e. The first kappa shape index (κ1) is 10.9. The zero-order valence-corrected chi connectivity index (χ0v) is 9.99. The van der Waals surface area contributed by atoms with Crippen LogP contribution in [-0.2, 0) is 5.54 Å². The summed E-state index contributed by atoms with van der Waals surface area (Å²) >= 11 is 5.87. The van der Waals surface area contributed by atoms with Crippen molar-refractivity contribution in [3.8, 4) is 0 Å². The molecule has 0 saturated carbocycles. The number of fused-ring (bicyclic) bond motifs is 1. The van der Waals surface area contributed by atoms with Gasteiger partial charge in [-0.05, 0) is 20.8 Å². The van der Waals surface area contributed by atoms with Crippen molar-refractivity contribution >= 4 is 23.1 Å². The van der Waals surface area contributed by atoms with E-state index in [4.69, 9.17) is 17.3 Å². The predicted octanol–water partition coefficient (Wildman–Crippen LogP) is 0.882. The minimum absolute atomic E-state index is 0.116. The van der Waals surface area contributed by atoms with Gasteiger partial charge in [0.15, 0.2) is 5.52 Å². The molecule has 7 heteroatoms. The van der Waals surface area contributed by atoms with Gasteiger partial charge in [-0.15, -0.1) is 9.73 Å². The molecule has 2 heterocycles. The highest BCUT2D eigenvalue weighted by Crippen LogP contribution is 2.17. The first-order valence-corrected chi connectivity index (χ1v) is 5.12. The molecule has 0 saturated heterocycles. The molecule has 86 valence electrons. The van der Waals surface area contributed by atoms with E-state index in [-0.39, 0.29) is 22.0 Å². The molecule has 0 spiro atoms. The Morgan fingerprint density at radius 2 is 2.06 bits per heavy atom. The Morgan fingerprint density at radius 1 is 1.44 bits per heavy atom. The summed E-state index contributed by atoms with van der Waals surface area (Å²) in [6.45, 7) is 5.60. The van der Waals surface area contributed by atoms with E-state index in [1.54, 1.807) is 0 Å². The second kappa shape index (κ2) is 3.21. The van der Waals surface area contributed by atoms with Crippen LogP contribution in [0.4, 0.5) is 5.95 Å². The summed E-state index contributed by atoms with van der Waals surface area (Å²) in [7, 11) is 0. The molecule has 0 aliphatic heterocycles. The highest BCUT2D eigenvalue weighted by atomic mass is 35.5. The zero-order chi connectivity index (χ0) is 12.1. The molecule has 0 radical (unpaired) electrons. The topological polar surface area (TPSA) is 78.2 Å². The van der Waals surface area contributed by atoms with Gasteiger partial charge in [0.2, 0.25) is 5.95 Å². The predicted molar refractivity (Wildman–Crippen MR) is 61.7 cm³/mol. The van der Waals surface area contributed by atoms with Gasteiger partial charge in [0.1, 0.15) is 0 Å². The Hall–Kier alpha value is -1.56. The molecule has 0 aliphatic rings. The maximum Gasteiger partial charge on any atom is 0.283 e. The van der Waals surface area contributed by atoms with Crippen LogP contribution in [0.3, 0.4) is 0 Å². The Balaban J connectivity index is 2.96. The lowest BCUT2D eigenvalue weighted by Crippen LogP contribution is -2.37. The monoisotopic (exact) mass is 241 g/mol. The molecule has 2 rings (SSSR count). The SMILES string of the molecule is CC(C)(C)n1c(N)nn2ncc(Cl)c2c1=O. The average molecular weight is 242 g/mol. The Morgan fingerprint density at radius 3 is 2.62 bits per heavy atom. The number of hydrogen-bond acceptors (Lipinski definition) is 4. The van der Waals surface area contributed by atoms with Crippen LogP contribution in [0.5, 0.6) is 0 Å². The molecule has 6 nitrogen and oxygen atoms in total. The van der Waals surface area contributed by atoms with Gasteiger partial charge in [-0.1, -0.05) is 11.6 Å². The molecule has 2 N–H and O–H groups in total. The number of nitrogen functional groups attached to an aromatic ring is 1. The summed E-state index contributed by atoms with van der Waals surface area (Å²) in [6.07, 6.45) is 1.37. The molecular formula is C9H12ClN5O. The van der Waals surface area contributed by atoms with Crippen LogP contribution >= 0.6 is 11.6 Å². The van der Waals surface area contributed by atoms with Crippen molar-refractivity contribution in [1.29, 1.82) is 0 Å². The van der Waals surface area contributed by atoms with Crippen LogP contribution in [0.25, 0.3) is 5.52 Å². The normalized spacial score (nSPS) is 12.2. The van der Waals surface area contributed by atoms with E-state index < -0.39 is 5.54 Å². The molecule has 0 unspecified atom stereocenters. The van der Waals surface area contributed by atoms with Gasteiger partial charge >= 0.3 is 0 Å². The van der Waals surface area contributed by atoms with Crippen molar-refractivity contribution in [2.24, 2.45) is 0 Å². The molecule has 0 amide bonds. The van der Waals surface area contributed by atoms with Crippen molar-refractivity contribution in [2.75, 3.05) is 5.73 Å². The summed E-state index contributed by atoms with van der Waals surface area (Å²) in [5.41, 5.74) is 5.23. The molecule has 0 fully saturated rings. The number of hydrogen-bond donors (Lipinski definition) is 1. The Kier molecular flexibility index (Phi) is 2.20. The quantitative estimate of drug-likeness (QED) is 0.743. The van der Waals surface area contributed by atoms with Crippen molar-refractivity contribution < 1.29 is 0 Å². The fourth-order valence-corrected chi connectivity index (χ4v) is 1.78. The summed E-state index contributed by atoms with van der Waals surface area (Å²) in [6, 6.07) is 0. The molecular weight excluding hydrogens is 230 g/mol. The van der Waals surface area contributed by atoms with E-state index in [2.05, 4.69) is 10.2 Å². The molecule has 16 heavy (non-hydrogen) atoms. The van der Waals surface area contributed by atoms with Crippen LogP contribution in [-0.4, -0.2) is 19.4 Å². The first-order chi connectivity index (χ1) is 7.32. The van der Waals surface area contributed by atoms with Gasteiger partial charge in [-0.3, -0.25) is 9.36 Å². The summed E-state index contributed by atoms with van der Waals surface area (Å²) < 4.78 is 2.55. The van der Waals surface area contributed by atoms with E-state index in [9.17, 15) is 4.79 Å². The molecule has 2 aromatic heterocycles. The van der Waals surface area contributed by atoms with E-state index in [1.807, 2.05) is 20.8 Å². The fraction of sp³-hybridized carbons (Fsp3) is 0.444. The van der Waals surface area contributed by atoms with Crippen molar-refractivity contribution in [3.63, 3.8) is 0 Å². The van der Waals surface area contributed by atoms with Crippen LogP contribution in [0, 0.1) is 0 Å². The lowest BCUT2D eigenvalue weighted by Gasteiger charge is -2.23.